The summed E-state index contributed by atoms with van der Waals surface area (Å²) in [5.74, 6) is 1.11. The molecule has 0 spiro atoms. The summed E-state index contributed by atoms with van der Waals surface area (Å²) in [6.45, 7) is 2.19. The van der Waals surface area contributed by atoms with E-state index in [-0.39, 0.29) is 18.4 Å². The summed E-state index contributed by atoms with van der Waals surface area (Å²) in [5.41, 5.74) is 8.84. The Balaban J connectivity index is 1.88. The number of aliphatic imine (C=N–C) groups is 1. The molecule has 154 valence electrons. The molecule has 0 saturated heterocycles. The van der Waals surface area contributed by atoms with Crippen LogP contribution in [0.15, 0.2) is 65.7 Å². The molecule has 4 rings (SSSR count). The van der Waals surface area contributed by atoms with Crippen LogP contribution in [0.1, 0.15) is 16.7 Å². The largest absolute Gasteiger partial charge is 0.497 e. The van der Waals surface area contributed by atoms with E-state index in [0.29, 0.717) is 16.9 Å². The van der Waals surface area contributed by atoms with Crippen LogP contribution >= 0.6 is 0 Å². The summed E-state index contributed by atoms with van der Waals surface area (Å²) in [4.78, 5) is 4.64. The topological polar surface area (TPSA) is 66.1 Å². The number of hydrogen-bond acceptors (Lipinski definition) is 5. The highest BCUT2D eigenvalue weighted by Gasteiger charge is 2.40. The lowest BCUT2D eigenvalue weighted by Crippen LogP contribution is -2.27. The van der Waals surface area contributed by atoms with Crippen LogP contribution in [0.3, 0.4) is 0 Å². The van der Waals surface area contributed by atoms with Crippen molar-refractivity contribution in [3.05, 3.63) is 83.2 Å². The van der Waals surface area contributed by atoms with Crippen molar-refractivity contribution in [3.8, 4) is 22.6 Å². The van der Waals surface area contributed by atoms with Crippen LogP contribution in [0.4, 0.5) is 4.39 Å². The van der Waals surface area contributed by atoms with Crippen molar-refractivity contribution in [2.24, 2.45) is 10.7 Å². The molecule has 0 radical (unpaired) electrons. The van der Waals surface area contributed by atoms with E-state index in [1.807, 2.05) is 43.3 Å². The van der Waals surface area contributed by atoms with E-state index in [9.17, 15) is 4.39 Å². The Morgan fingerprint density at radius 1 is 1.00 bits per heavy atom. The maximum absolute atomic E-state index is 14.8. The molecule has 1 unspecified atom stereocenters. The molecule has 6 heteroatoms. The third-order valence-electron chi connectivity index (χ3n) is 5.43. The van der Waals surface area contributed by atoms with Crippen LogP contribution in [0.5, 0.6) is 11.5 Å². The van der Waals surface area contributed by atoms with Gasteiger partial charge in [0.2, 0.25) is 0 Å². The van der Waals surface area contributed by atoms with Gasteiger partial charge in [-0.3, -0.25) is 0 Å². The van der Waals surface area contributed by atoms with Crippen molar-refractivity contribution in [2.75, 3.05) is 20.8 Å². The zero-order valence-electron chi connectivity index (χ0n) is 17.1. The highest BCUT2D eigenvalue weighted by Crippen LogP contribution is 2.41. The maximum Gasteiger partial charge on any atom is 0.283 e. The standard InChI is InChI=1S/C24H23FN2O3/c1-15-11-17(8-10-22(15)29-3)24(14-30-23(26)27-24)18-7-9-21(25)20(13-18)16-5-4-6-19(12-16)28-2/h4-13H,14H2,1-3H3,(H2,26,27). The van der Waals surface area contributed by atoms with E-state index in [1.165, 1.54) is 6.07 Å². The molecule has 5 nitrogen and oxygen atoms in total. The van der Waals surface area contributed by atoms with Gasteiger partial charge < -0.3 is 19.9 Å². The number of benzene rings is 3. The van der Waals surface area contributed by atoms with Gasteiger partial charge in [0, 0.05) is 5.56 Å². The fourth-order valence-corrected chi connectivity index (χ4v) is 3.82. The van der Waals surface area contributed by atoms with Gasteiger partial charge in [0.25, 0.3) is 6.02 Å². The fraction of sp³-hybridized carbons (Fsp3) is 0.208. The first-order valence-corrected chi connectivity index (χ1v) is 9.54. The van der Waals surface area contributed by atoms with E-state index in [2.05, 4.69) is 4.99 Å². The summed E-state index contributed by atoms with van der Waals surface area (Å²) >= 11 is 0. The Hall–Kier alpha value is -3.54. The van der Waals surface area contributed by atoms with Gasteiger partial charge in [0.1, 0.15) is 23.9 Å². The molecule has 1 aliphatic heterocycles. The van der Waals surface area contributed by atoms with E-state index < -0.39 is 5.54 Å². The van der Waals surface area contributed by atoms with Crippen LogP contribution in [0.2, 0.25) is 0 Å². The summed E-state index contributed by atoms with van der Waals surface area (Å²) in [7, 11) is 3.22. The number of amidine groups is 1. The fourth-order valence-electron chi connectivity index (χ4n) is 3.82. The Morgan fingerprint density at radius 2 is 1.77 bits per heavy atom. The lowest BCUT2D eigenvalue weighted by molar-refractivity contribution is 0.278. The number of nitrogens with zero attached hydrogens (tertiary/aromatic N) is 1. The van der Waals surface area contributed by atoms with Crippen molar-refractivity contribution >= 4 is 6.02 Å². The molecule has 1 atom stereocenters. The number of rotatable bonds is 5. The van der Waals surface area contributed by atoms with Gasteiger partial charge in [-0.25, -0.2) is 9.38 Å². The molecule has 0 fully saturated rings. The predicted molar refractivity (Wildman–Crippen MR) is 114 cm³/mol. The lowest BCUT2D eigenvalue weighted by Gasteiger charge is -2.26. The van der Waals surface area contributed by atoms with Crippen LogP contribution in [-0.4, -0.2) is 26.8 Å². The van der Waals surface area contributed by atoms with Gasteiger partial charge >= 0.3 is 0 Å². The van der Waals surface area contributed by atoms with Crippen molar-refractivity contribution < 1.29 is 18.6 Å². The van der Waals surface area contributed by atoms with Gasteiger partial charge in [-0.1, -0.05) is 24.3 Å². The Kier molecular flexibility index (Phi) is 5.08. The minimum absolute atomic E-state index is 0.107. The summed E-state index contributed by atoms with van der Waals surface area (Å²) in [6, 6.07) is 18.2. The van der Waals surface area contributed by atoms with Crippen molar-refractivity contribution in [1.29, 1.82) is 0 Å². The van der Waals surface area contributed by atoms with Crippen molar-refractivity contribution in [2.45, 2.75) is 12.5 Å². The molecule has 3 aromatic rings. The van der Waals surface area contributed by atoms with E-state index in [1.54, 1.807) is 32.4 Å². The summed E-state index contributed by atoms with van der Waals surface area (Å²) < 4.78 is 31.0. The highest BCUT2D eigenvalue weighted by molar-refractivity contribution is 5.76. The SMILES string of the molecule is COc1cccc(-c2cc(C3(c4ccc(OC)c(C)c4)COC(N)=N3)ccc2F)c1. The molecule has 0 aliphatic carbocycles. The van der Waals surface area contributed by atoms with Gasteiger partial charge in [-0.15, -0.1) is 0 Å². The van der Waals surface area contributed by atoms with Crippen LogP contribution in [0.25, 0.3) is 11.1 Å². The zero-order valence-corrected chi connectivity index (χ0v) is 17.1. The smallest absolute Gasteiger partial charge is 0.283 e. The predicted octanol–water partition coefficient (Wildman–Crippen LogP) is 4.41. The van der Waals surface area contributed by atoms with E-state index >= 15 is 0 Å². The average Bonchev–Trinajstić information content (AvgIpc) is 3.17. The minimum Gasteiger partial charge on any atom is -0.497 e. The lowest BCUT2D eigenvalue weighted by atomic mass is 9.82. The molecule has 1 aliphatic rings. The number of methoxy groups -OCH3 is 2. The number of aryl methyl sites for hydroxylation is 1. The Morgan fingerprint density at radius 3 is 2.43 bits per heavy atom. The second-order valence-electron chi connectivity index (χ2n) is 7.21. The van der Waals surface area contributed by atoms with Gasteiger partial charge in [-0.2, -0.15) is 0 Å². The van der Waals surface area contributed by atoms with E-state index in [4.69, 9.17) is 19.9 Å². The molecular weight excluding hydrogens is 383 g/mol. The van der Waals surface area contributed by atoms with Crippen LogP contribution in [0, 0.1) is 12.7 Å². The number of nitrogens with two attached hydrogens (primary N) is 1. The maximum atomic E-state index is 14.8. The second-order valence-corrected chi connectivity index (χ2v) is 7.21. The van der Waals surface area contributed by atoms with Crippen molar-refractivity contribution in [3.63, 3.8) is 0 Å². The molecule has 0 amide bonds. The quantitative estimate of drug-likeness (QED) is 0.682. The number of ether oxygens (including phenoxy) is 3. The first kappa shape index (κ1) is 19.8. The van der Waals surface area contributed by atoms with Crippen LogP contribution in [-0.2, 0) is 10.3 Å². The monoisotopic (exact) mass is 406 g/mol. The highest BCUT2D eigenvalue weighted by atomic mass is 19.1. The van der Waals surface area contributed by atoms with E-state index in [0.717, 1.165) is 22.4 Å². The first-order valence-electron chi connectivity index (χ1n) is 9.54. The molecule has 3 aromatic carbocycles. The zero-order chi connectivity index (χ0) is 21.3. The molecule has 0 aromatic heterocycles. The molecular formula is C24H23FN2O3. The third kappa shape index (κ3) is 3.34. The Labute approximate surface area is 174 Å². The minimum atomic E-state index is -0.873. The molecule has 1 heterocycles. The van der Waals surface area contributed by atoms with Crippen LogP contribution < -0.4 is 15.2 Å². The summed E-state index contributed by atoms with van der Waals surface area (Å²) in [5, 5.41) is 0. The molecule has 0 bridgehead atoms. The average molecular weight is 406 g/mol. The number of halogens is 1. The van der Waals surface area contributed by atoms with Gasteiger partial charge in [0.05, 0.1) is 14.2 Å². The third-order valence-corrected chi connectivity index (χ3v) is 5.43. The van der Waals surface area contributed by atoms with Gasteiger partial charge in [-0.05, 0) is 65.6 Å². The first-order chi connectivity index (χ1) is 14.5. The normalized spacial score (nSPS) is 17.9. The Bertz CT molecular complexity index is 1130. The second kappa shape index (κ2) is 7.71. The molecule has 30 heavy (non-hydrogen) atoms. The number of hydrogen-bond donors (Lipinski definition) is 1. The molecule has 0 saturated carbocycles. The van der Waals surface area contributed by atoms with Gasteiger partial charge in [0.15, 0.2) is 5.54 Å². The molecule has 2 N–H and O–H groups in total. The summed E-state index contributed by atoms with van der Waals surface area (Å²) in [6.07, 6.45) is 0. The van der Waals surface area contributed by atoms with Crippen molar-refractivity contribution in [1.82, 2.24) is 0 Å².